The van der Waals surface area contributed by atoms with Gasteiger partial charge in [-0.25, -0.2) is 4.98 Å². The van der Waals surface area contributed by atoms with Gasteiger partial charge in [-0.3, -0.25) is 0 Å². The van der Waals surface area contributed by atoms with Crippen LogP contribution in [0.3, 0.4) is 0 Å². The first-order valence-electron chi connectivity index (χ1n) is 6.11. The second-order valence-corrected chi connectivity index (χ2v) is 5.54. The summed E-state index contributed by atoms with van der Waals surface area (Å²) in [5.41, 5.74) is 0. The van der Waals surface area contributed by atoms with Crippen LogP contribution in [0.1, 0.15) is 46.0 Å². The first kappa shape index (κ1) is 14.8. The van der Waals surface area contributed by atoms with Crippen molar-refractivity contribution in [2.75, 3.05) is 0 Å². The molecule has 0 fully saturated rings. The zero-order valence-electron chi connectivity index (χ0n) is 10.4. The van der Waals surface area contributed by atoms with Gasteiger partial charge in [0.2, 0.25) is 5.88 Å². The van der Waals surface area contributed by atoms with Crippen molar-refractivity contribution in [1.82, 2.24) is 4.98 Å². The lowest BCUT2D eigenvalue weighted by Gasteiger charge is -2.14. The van der Waals surface area contributed by atoms with Crippen molar-refractivity contribution in [2.24, 2.45) is 0 Å². The molecule has 0 amide bonds. The Morgan fingerprint density at radius 3 is 2.82 bits per heavy atom. The minimum Gasteiger partial charge on any atom is -0.474 e. The van der Waals surface area contributed by atoms with Crippen molar-refractivity contribution >= 4 is 27.5 Å². The Kier molecular flexibility index (Phi) is 6.90. The summed E-state index contributed by atoms with van der Waals surface area (Å²) >= 11 is 9.36. The molecule has 0 spiro atoms. The van der Waals surface area contributed by atoms with Gasteiger partial charge in [-0.2, -0.15) is 0 Å². The number of aromatic nitrogens is 1. The summed E-state index contributed by atoms with van der Waals surface area (Å²) in [6, 6.07) is 1.80. The molecule has 17 heavy (non-hydrogen) atoms. The quantitative estimate of drug-likeness (QED) is 0.641. The van der Waals surface area contributed by atoms with Gasteiger partial charge >= 0.3 is 0 Å². The second-order valence-electron chi connectivity index (χ2n) is 4.22. The minimum atomic E-state index is 0.165. The molecule has 0 bridgehead atoms. The fourth-order valence-corrected chi connectivity index (χ4v) is 2.27. The average Bonchev–Trinajstić information content (AvgIpc) is 2.28. The van der Waals surface area contributed by atoms with E-state index in [1.807, 2.05) is 0 Å². The van der Waals surface area contributed by atoms with Crippen LogP contribution in [0.15, 0.2) is 16.7 Å². The highest BCUT2D eigenvalue weighted by atomic mass is 79.9. The van der Waals surface area contributed by atoms with Crippen molar-refractivity contribution in [3.8, 4) is 5.88 Å². The van der Waals surface area contributed by atoms with Crippen LogP contribution in [-0.2, 0) is 0 Å². The molecule has 96 valence electrons. The van der Waals surface area contributed by atoms with Crippen LogP contribution in [0.5, 0.6) is 5.88 Å². The summed E-state index contributed by atoms with van der Waals surface area (Å²) in [7, 11) is 0. The van der Waals surface area contributed by atoms with Crippen LogP contribution in [0.2, 0.25) is 5.02 Å². The lowest BCUT2D eigenvalue weighted by molar-refractivity contribution is 0.198. The number of nitrogens with zero attached hydrogens (tertiary/aromatic N) is 1. The van der Waals surface area contributed by atoms with Gasteiger partial charge < -0.3 is 4.74 Å². The summed E-state index contributed by atoms with van der Waals surface area (Å²) in [6.07, 6.45) is 7.94. The van der Waals surface area contributed by atoms with Crippen molar-refractivity contribution < 1.29 is 4.74 Å². The third kappa shape index (κ3) is 5.73. The second kappa shape index (κ2) is 7.93. The van der Waals surface area contributed by atoms with Crippen molar-refractivity contribution in [1.29, 1.82) is 0 Å². The molecule has 0 aromatic carbocycles. The van der Waals surface area contributed by atoms with Crippen LogP contribution >= 0.6 is 27.5 Å². The molecule has 0 saturated heterocycles. The first-order valence-corrected chi connectivity index (χ1v) is 7.28. The summed E-state index contributed by atoms with van der Waals surface area (Å²) in [5, 5.41) is 0.555. The number of hydrogen-bond acceptors (Lipinski definition) is 2. The Morgan fingerprint density at radius 1 is 1.41 bits per heavy atom. The Labute approximate surface area is 117 Å². The molecular weight excluding hydrogens is 302 g/mol. The van der Waals surface area contributed by atoms with E-state index in [1.54, 1.807) is 12.3 Å². The molecule has 4 heteroatoms. The number of ether oxygens (including phenoxy) is 1. The van der Waals surface area contributed by atoms with E-state index in [9.17, 15) is 0 Å². The zero-order chi connectivity index (χ0) is 12.7. The van der Waals surface area contributed by atoms with E-state index in [0.717, 1.165) is 10.9 Å². The van der Waals surface area contributed by atoms with E-state index in [2.05, 4.69) is 34.8 Å². The van der Waals surface area contributed by atoms with Gasteiger partial charge in [0.25, 0.3) is 0 Å². The van der Waals surface area contributed by atoms with E-state index >= 15 is 0 Å². The van der Waals surface area contributed by atoms with Crippen molar-refractivity contribution in [2.45, 2.75) is 52.1 Å². The minimum absolute atomic E-state index is 0.165. The van der Waals surface area contributed by atoms with Crippen LogP contribution in [0.25, 0.3) is 0 Å². The lowest BCUT2D eigenvalue weighted by atomic mass is 10.1. The highest BCUT2D eigenvalue weighted by molar-refractivity contribution is 9.10. The number of unbranched alkanes of at least 4 members (excludes halogenated alkanes) is 3. The Morgan fingerprint density at radius 2 is 2.18 bits per heavy atom. The van der Waals surface area contributed by atoms with Crippen molar-refractivity contribution in [3.05, 3.63) is 21.8 Å². The van der Waals surface area contributed by atoms with Gasteiger partial charge in [0.05, 0.1) is 6.10 Å². The molecule has 1 atom stereocenters. The summed E-state index contributed by atoms with van der Waals surface area (Å²) < 4.78 is 6.58. The predicted molar refractivity (Wildman–Crippen MR) is 75.8 cm³/mol. The third-order valence-corrected chi connectivity index (χ3v) is 3.26. The molecule has 1 heterocycles. The standard InChI is InChI=1S/C13H19BrClNO/c1-3-4-5-6-7-10(2)17-13-12(15)8-11(14)9-16-13/h8-10H,3-7H2,1-2H3. The molecule has 1 aromatic heterocycles. The van der Waals surface area contributed by atoms with Gasteiger partial charge in [-0.1, -0.05) is 37.8 Å². The van der Waals surface area contributed by atoms with E-state index < -0.39 is 0 Å². The largest absolute Gasteiger partial charge is 0.474 e. The van der Waals surface area contributed by atoms with E-state index in [1.165, 1.54) is 25.7 Å². The summed E-state index contributed by atoms with van der Waals surface area (Å²) in [5.74, 6) is 0.526. The van der Waals surface area contributed by atoms with Gasteiger partial charge in [0, 0.05) is 10.7 Å². The number of halogens is 2. The van der Waals surface area contributed by atoms with Gasteiger partial charge in [0.1, 0.15) is 5.02 Å². The molecule has 2 nitrogen and oxygen atoms in total. The molecule has 0 N–H and O–H groups in total. The first-order chi connectivity index (χ1) is 8.13. The highest BCUT2D eigenvalue weighted by Gasteiger charge is 2.09. The fourth-order valence-electron chi connectivity index (χ4n) is 1.60. The van der Waals surface area contributed by atoms with Gasteiger partial charge in [-0.15, -0.1) is 0 Å². The Balaban J connectivity index is 2.37. The van der Waals surface area contributed by atoms with E-state index in [4.69, 9.17) is 16.3 Å². The Hall–Kier alpha value is -0.280. The van der Waals surface area contributed by atoms with Crippen LogP contribution in [0.4, 0.5) is 0 Å². The van der Waals surface area contributed by atoms with Crippen LogP contribution < -0.4 is 4.74 Å². The van der Waals surface area contributed by atoms with E-state index in [-0.39, 0.29) is 6.10 Å². The molecule has 0 aliphatic carbocycles. The molecule has 1 aromatic rings. The predicted octanol–water partition coefficient (Wildman–Crippen LogP) is 5.24. The van der Waals surface area contributed by atoms with E-state index in [0.29, 0.717) is 10.9 Å². The summed E-state index contributed by atoms with van der Waals surface area (Å²) in [4.78, 5) is 4.16. The normalized spacial score (nSPS) is 12.5. The highest BCUT2D eigenvalue weighted by Crippen LogP contribution is 2.26. The monoisotopic (exact) mass is 319 g/mol. The molecule has 0 aliphatic heterocycles. The zero-order valence-corrected chi connectivity index (χ0v) is 12.7. The summed E-state index contributed by atoms with van der Waals surface area (Å²) in [6.45, 7) is 4.28. The number of rotatable bonds is 7. The average molecular weight is 321 g/mol. The number of hydrogen-bond donors (Lipinski definition) is 0. The van der Waals surface area contributed by atoms with Gasteiger partial charge in [0.15, 0.2) is 0 Å². The van der Waals surface area contributed by atoms with Crippen molar-refractivity contribution in [3.63, 3.8) is 0 Å². The van der Waals surface area contributed by atoms with Crippen LogP contribution in [-0.4, -0.2) is 11.1 Å². The molecule has 0 aliphatic rings. The third-order valence-electron chi connectivity index (χ3n) is 2.55. The number of pyridine rings is 1. The fraction of sp³-hybridized carbons (Fsp3) is 0.615. The van der Waals surface area contributed by atoms with Crippen LogP contribution in [0, 0.1) is 0 Å². The Bertz CT molecular complexity index is 346. The lowest BCUT2D eigenvalue weighted by Crippen LogP contribution is -2.12. The van der Waals surface area contributed by atoms with Gasteiger partial charge in [-0.05, 0) is 41.8 Å². The molecule has 0 radical (unpaired) electrons. The maximum Gasteiger partial charge on any atom is 0.232 e. The molecule has 0 saturated carbocycles. The smallest absolute Gasteiger partial charge is 0.232 e. The topological polar surface area (TPSA) is 22.1 Å². The maximum atomic E-state index is 6.04. The molecule has 1 unspecified atom stereocenters. The maximum absolute atomic E-state index is 6.04. The molecule has 1 rings (SSSR count). The molecular formula is C13H19BrClNO. The SMILES string of the molecule is CCCCCCC(C)Oc1ncc(Br)cc1Cl.